The second kappa shape index (κ2) is 10.0. The first kappa shape index (κ1) is 21.5. The van der Waals surface area contributed by atoms with Gasteiger partial charge in [-0.25, -0.2) is 4.98 Å². The normalized spacial score (nSPS) is 15.7. The Morgan fingerprint density at radius 2 is 1.97 bits per heavy atom. The molecule has 1 N–H and O–H groups in total. The van der Waals surface area contributed by atoms with Gasteiger partial charge in [0.1, 0.15) is 15.8 Å². The summed E-state index contributed by atoms with van der Waals surface area (Å²) in [5.41, 5.74) is 0.761. The average Bonchev–Trinajstić information content (AvgIpc) is 2.99. The van der Waals surface area contributed by atoms with Gasteiger partial charge in [0.2, 0.25) is 0 Å². The van der Waals surface area contributed by atoms with E-state index in [0.717, 1.165) is 38.6 Å². The number of carbonyl (C=O) groups is 1. The van der Waals surface area contributed by atoms with Crippen molar-refractivity contribution in [3.63, 3.8) is 0 Å². The number of hydrogen-bond acceptors (Lipinski definition) is 6. The quantitative estimate of drug-likeness (QED) is 0.364. The lowest BCUT2D eigenvalue weighted by molar-refractivity contribution is -0.122. The third kappa shape index (κ3) is 4.87. The van der Waals surface area contributed by atoms with Gasteiger partial charge in [0, 0.05) is 19.3 Å². The second-order valence-corrected chi connectivity index (χ2v) is 8.60. The number of thiocarbonyl (C=S) groups is 1. The molecule has 3 heterocycles. The molecule has 0 aromatic carbocycles. The van der Waals surface area contributed by atoms with E-state index in [2.05, 4.69) is 24.1 Å². The highest BCUT2D eigenvalue weighted by atomic mass is 32.2. The maximum Gasteiger partial charge on any atom is 0.267 e. The third-order valence-corrected chi connectivity index (χ3v) is 6.10. The second-order valence-electron chi connectivity index (χ2n) is 6.93. The van der Waals surface area contributed by atoms with Crippen molar-refractivity contribution in [2.75, 3.05) is 18.4 Å². The lowest BCUT2D eigenvalue weighted by Gasteiger charge is -2.13. The molecule has 0 spiro atoms. The standard InChI is InChI=1S/C21H26N4O2S2/c1-3-5-8-11-22-18-15(19(26)24-13-9-7-10-17(24)23-18)14-16-20(27)25(12-6-4-2)21(28)29-16/h7,9-10,13-14,22H,3-6,8,11-12H2,1-2H3. The van der Waals surface area contributed by atoms with Gasteiger partial charge in [0.15, 0.2) is 0 Å². The summed E-state index contributed by atoms with van der Waals surface area (Å²) < 4.78 is 2.04. The van der Waals surface area contributed by atoms with Crippen molar-refractivity contribution in [3.8, 4) is 0 Å². The van der Waals surface area contributed by atoms with Crippen molar-refractivity contribution in [2.24, 2.45) is 0 Å². The van der Waals surface area contributed by atoms with Crippen LogP contribution < -0.4 is 10.9 Å². The van der Waals surface area contributed by atoms with E-state index in [1.54, 1.807) is 29.3 Å². The van der Waals surface area contributed by atoms with E-state index in [9.17, 15) is 9.59 Å². The Morgan fingerprint density at radius 3 is 2.72 bits per heavy atom. The molecule has 0 bridgehead atoms. The number of unbranched alkanes of at least 4 members (excludes halogenated alkanes) is 3. The van der Waals surface area contributed by atoms with Crippen molar-refractivity contribution in [1.29, 1.82) is 0 Å². The molecule has 1 saturated heterocycles. The zero-order valence-electron chi connectivity index (χ0n) is 16.8. The molecule has 2 aromatic rings. The smallest absolute Gasteiger partial charge is 0.267 e. The molecule has 2 aromatic heterocycles. The van der Waals surface area contributed by atoms with Gasteiger partial charge in [0.05, 0.1) is 10.5 Å². The van der Waals surface area contributed by atoms with Crippen LogP contribution in [0.15, 0.2) is 34.1 Å². The molecule has 8 heteroatoms. The predicted molar refractivity (Wildman–Crippen MR) is 124 cm³/mol. The predicted octanol–water partition coefficient (Wildman–Crippen LogP) is 4.30. The Hall–Kier alpha value is -2.19. The number of fused-ring (bicyclic) bond motifs is 1. The summed E-state index contributed by atoms with van der Waals surface area (Å²) in [7, 11) is 0. The van der Waals surface area contributed by atoms with Crippen LogP contribution in [-0.2, 0) is 4.79 Å². The monoisotopic (exact) mass is 430 g/mol. The van der Waals surface area contributed by atoms with Crippen LogP contribution in [0.4, 0.5) is 5.82 Å². The molecule has 29 heavy (non-hydrogen) atoms. The van der Waals surface area contributed by atoms with Crippen molar-refractivity contribution in [1.82, 2.24) is 14.3 Å². The molecule has 6 nitrogen and oxygen atoms in total. The molecule has 0 unspecified atom stereocenters. The van der Waals surface area contributed by atoms with Crippen LogP contribution in [0.5, 0.6) is 0 Å². The van der Waals surface area contributed by atoms with Crippen LogP contribution >= 0.6 is 24.0 Å². The summed E-state index contributed by atoms with van der Waals surface area (Å²) in [5.74, 6) is 0.374. The zero-order valence-corrected chi connectivity index (χ0v) is 18.4. The third-order valence-electron chi connectivity index (χ3n) is 4.73. The minimum atomic E-state index is -0.201. The van der Waals surface area contributed by atoms with Crippen molar-refractivity contribution < 1.29 is 4.79 Å². The van der Waals surface area contributed by atoms with Crippen molar-refractivity contribution >= 4 is 51.7 Å². The van der Waals surface area contributed by atoms with Gasteiger partial charge in [-0.3, -0.25) is 18.9 Å². The molecular weight excluding hydrogens is 404 g/mol. The number of pyridine rings is 1. The van der Waals surface area contributed by atoms with E-state index in [4.69, 9.17) is 12.2 Å². The number of amides is 1. The van der Waals surface area contributed by atoms with E-state index < -0.39 is 0 Å². The van der Waals surface area contributed by atoms with Crippen molar-refractivity contribution in [3.05, 3.63) is 45.2 Å². The lowest BCUT2D eigenvalue weighted by Crippen LogP contribution is -2.29. The van der Waals surface area contributed by atoms with Gasteiger partial charge in [0.25, 0.3) is 11.5 Å². The maximum absolute atomic E-state index is 13.1. The molecule has 1 amide bonds. The van der Waals surface area contributed by atoms with Crippen LogP contribution in [0.2, 0.25) is 0 Å². The van der Waals surface area contributed by atoms with Gasteiger partial charge in [-0.15, -0.1) is 0 Å². The topological polar surface area (TPSA) is 66.7 Å². The van der Waals surface area contributed by atoms with Gasteiger partial charge in [-0.2, -0.15) is 0 Å². The fraction of sp³-hybridized carbons (Fsp3) is 0.429. The number of nitrogens with one attached hydrogen (secondary N) is 1. The van der Waals surface area contributed by atoms with E-state index in [0.29, 0.717) is 32.8 Å². The highest BCUT2D eigenvalue weighted by molar-refractivity contribution is 8.26. The minimum Gasteiger partial charge on any atom is -0.369 e. The summed E-state index contributed by atoms with van der Waals surface area (Å²) in [6.07, 6.45) is 8.41. The van der Waals surface area contributed by atoms with Gasteiger partial charge < -0.3 is 5.32 Å². The molecule has 0 atom stereocenters. The Bertz CT molecular complexity index is 1000. The summed E-state index contributed by atoms with van der Waals surface area (Å²) in [4.78, 5) is 32.7. The summed E-state index contributed by atoms with van der Waals surface area (Å²) >= 11 is 6.63. The maximum atomic E-state index is 13.1. The van der Waals surface area contributed by atoms with Crippen LogP contribution in [0.1, 0.15) is 51.5 Å². The lowest BCUT2D eigenvalue weighted by atomic mass is 10.2. The molecule has 0 aliphatic carbocycles. The van der Waals surface area contributed by atoms with Gasteiger partial charge >= 0.3 is 0 Å². The molecule has 154 valence electrons. The van der Waals surface area contributed by atoms with Crippen LogP contribution in [0.3, 0.4) is 0 Å². The van der Waals surface area contributed by atoms with Crippen molar-refractivity contribution in [2.45, 2.75) is 46.0 Å². The van der Waals surface area contributed by atoms with E-state index >= 15 is 0 Å². The number of aromatic nitrogens is 2. The molecule has 3 rings (SSSR count). The highest BCUT2D eigenvalue weighted by Gasteiger charge is 2.32. The molecule has 0 saturated carbocycles. The molecule has 1 fully saturated rings. The van der Waals surface area contributed by atoms with Crippen LogP contribution in [-0.4, -0.2) is 37.6 Å². The first-order valence-corrected chi connectivity index (χ1v) is 11.3. The first-order valence-electron chi connectivity index (χ1n) is 10.1. The fourth-order valence-corrected chi connectivity index (χ4v) is 4.38. The summed E-state index contributed by atoms with van der Waals surface area (Å²) in [6.45, 7) is 5.55. The molecule has 1 aliphatic heterocycles. The SMILES string of the molecule is CCCCCNc1nc2ccccn2c(=O)c1C=C1SC(=S)N(CCCC)C1=O. The summed E-state index contributed by atoms with van der Waals surface area (Å²) in [5, 5.41) is 3.29. The number of thioether (sulfide) groups is 1. The minimum absolute atomic E-state index is 0.136. The Kier molecular flexibility index (Phi) is 7.44. The Labute approximate surface area is 180 Å². The Balaban J connectivity index is 1.99. The van der Waals surface area contributed by atoms with Gasteiger partial charge in [-0.05, 0) is 31.1 Å². The molecule has 1 aliphatic rings. The fourth-order valence-electron chi connectivity index (χ4n) is 3.09. The highest BCUT2D eigenvalue weighted by Crippen LogP contribution is 2.33. The van der Waals surface area contributed by atoms with E-state index in [1.807, 2.05) is 6.07 Å². The van der Waals surface area contributed by atoms with E-state index in [1.165, 1.54) is 16.2 Å². The van der Waals surface area contributed by atoms with Crippen LogP contribution in [0, 0.1) is 0 Å². The number of carbonyl (C=O) groups excluding carboxylic acids is 1. The Morgan fingerprint density at radius 1 is 1.17 bits per heavy atom. The van der Waals surface area contributed by atoms with E-state index in [-0.39, 0.29) is 11.5 Å². The van der Waals surface area contributed by atoms with Gasteiger partial charge in [-0.1, -0.05) is 63.2 Å². The first-order chi connectivity index (χ1) is 14.1. The average molecular weight is 431 g/mol. The number of nitrogens with zero attached hydrogens (tertiary/aromatic N) is 3. The largest absolute Gasteiger partial charge is 0.369 e. The summed E-state index contributed by atoms with van der Waals surface area (Å²) in [6, 6.07) is 5.44. The zero-order chi connectivity index (χ0) is 20.8. The number of rotatable bonds is 9. The number of hydrogen-bond donors (Lipinski definition) is 1. The van der Waals surface area contributed by atoms with Crippen LogP contribution in [0.25, 0.3) is 11.7 Å². The molecule has 0 radical (unpaired) electrons. The number of anilines is 1. The molecular formula is C21H26N4O2S2.